The third-order valence-electron chi connectivity index (χ3n) is 3.96. The van der Waals surface area contributed by atoms with E-state index in [0.717, 1.165) is 30.8 Å². The van der Waals surface area contributed by atoms with E-state index >= 15 is 0 Å². The van der Waals surface area contributed by atoms with Gasteiger partial charge in [0, 0.05) is 19.6 Å². The molecule has 20 heavy (non-hydrogen) atoms. The molecule has 1 heterocycles. The van der Waals surface area contributed by atoms with Gasteiger partial charge in [-0.3, -0.25) is 9.69 Å². The van der Waals surface area contributed by atoms with Crippen LogP contribution in [0.25, 0.3) is 0 Å². The average molecular weight is 277 g/mol. The zero-order chi connectivity index (χ0) is 14.6. The molecular weight excluding hydrogens is 254 g/mol. The van der Waals surface area contributed by atoms with E-state index in [9.17, 15) is 4.79 Å². The molecule has 5 nitrogen and oxygen atoms in total. The van der Waals surface area contributed by atoms with Crippen LogP contribution in [0.3, 0.4) is 0 Å². The number of carbonyl (C=O) groups is 1. The first-order chi connectivity index (χ1) is 9.53. The van der Waals surface area contributed by atoms with Crippen molar-refractivity contribution in [2.24, 2.45) is 16.9 Å². The number of carbonyl (C=O) groups excluding carboxylic acids is 1. The number of primary amides is 1. The van der Waals surface area contributed by atoms with Crippen LogP contribution in [0.5, 0.6) is 5.75 Å². The van der Waals surface area contributed by atoms with Crippen molar-refractivity contribution in [3.05, 3.63) is 29.8 Å². The van der Waals surface area contributed by atoms with Crippen LogP contribution in [0.2, 0.25) is 0 Å². The fourth-order valence-electron chi connectivity index (χ4n) is 2.50. The molecule has 1 aliphatic heterocycles. The van der Waals surface area contributed by atoms with E-state index in [0.29, 0.717) is 19.7 Å². The van der Waals surface area contributed by atoms with E-state index < -0.39 is 0 Å². The molecule has 1 saturated heterocycles. The average Bonchev–Trinajstić information content (AvgIpc) is 2.82. The number of ether oxygens (including phenoxy) is 1. The molecule has 1 unspecified atom stereocenters. The largest absolute Gasteiger partial charge is 0.492 e. The minimum absolute atomic E-state index is 0.212. The maximum Gasteiger partial charge on any atom is 0.224 e. The predicted octanol–water partition coefficient (Wildman–Crippen LogP) is 0.721. The monoisotopic (exact) mass is 277 g/mol. The lowest BCUT2D eigenvalue weighted by atomic mass is 9.89. The summed E-state index contributed by atoms with van der Waals surface area (Å²) in [6.45, 7) is 5.46. The van der Waals surface area contributed by atoms with Gasteiger partial charge in [0.15, 0.2) is 0 Å². The summed E-state index contributed by atoms with van der Waals surface area (Å²) in [5.74, 6) is 0.626. The van der Waals surface area contributed by atoms with E-state index in [-0.39, 0.29) is 11.3 Å². The Morgan fingerprint density at radius 3 is 2.95 bits per heavy atom. The number of nitrogens with two attached hydrogens (primary N) is 2. The molecular formula is C15H23N3O2. The molecule has 0 spiro atoms. The number of benzene rings is 1. The van der Waals surface area contributed by atoms with Gasteiger partial charge in [0.25, 0.3) is 0 Å². The summed E-state index contributed by atoms with van der Waals surface area (Å²) in [5.41, 5.74) is 11.7. The normalized spacial score (nSPS) is 22.9. The summed E-state index contributed by atoms with van der Waals surface area (Å²) in [7, 11) is 0. The molecule has 2 rings (SSSR count). The Morgan fingerprint density at radius 2 is 2.30 bits per heavy atom. The summed E-state index contributed by atoms with van der Waals surface area (Å²) in [4.78, 5) is 13.6. The predicted molar refractivity (Wildman–Crippen MR) is 78.2 cm³/mol. The third-order valence-corrected chi connectivity index (χ3v) is 3.96. The summed E-state index contributed by atoms with van der Waals surface area (Å²) >= 11 is 0. The molecule has 1 aromatic carbocycles. The molecule has 110 valence electrons. The molecule has 1 atom stereocenters. The molecule has 5 heteroatoms. The number of hydrogen-bond donors (Lipinski definition) is 2. The molecule has 0 aromatic heterocycles. The fraction of sp³-hybridized carbons (Fsp3) is 0.533. The van der Waals surface area contributed by atoms with Gasteiger partial charge in [-0.2, -0.15) is 0 Å². The van der Waals surface area contributed by atoms with Crippen LogP contribution in [-0.2, 0) is 11.3 Å². The first kappa shape index (κ1) is 14.8. The zero-order valence-electron chi connectivity index (χ0n) is 12.0. The SMILES string of the molecule is CC1(C(N)=O)CCN(CCOc2cccc(CN)c2)C1. The van der Waals surface area contributed by atoms with E-state index in [1.165, 1.54) is 0 Å². The van der Waals surface area contributed by atoms with Gasteiger partial charge in [0.2, 0.25) is 5.91 Å². The van der Waals surface area contributed by atoms with Gasteiger partial charge in [-0.1, -0.05) is 12.1 Å². The van der Waals surface area contributed by atoms with E-state index in [2.05, 4.69) is 4.90 Å². The van der Waals surface area contributed by atoms with E-state index in [1.807, 2.05) is 31.2 Å². The van der Waals surface area contributed by atoms with Crippen LogP contribution in [0.4, 0.5) is 0 Å². The van der Waals surface area contributed by atoms with Crippen molar-refractivity contribution < 1.29 is 9.53 Å². The summed E-state index contributed by atoms with van der Waals surface area (Å²) < 4.78 is 5.73. The topological polar surface area (TPSA) is 81.6 Å². The lowest BCUT2D eigenvalue weighted by Crippen LogP contribution is -2.37. The van der Waals surface area contributed by atoms with Crippen LogP contribution in [0.1, 0.15) is 18.9 Å². The van der Waals surface area contributed by atoms with Crippen molar-refractivity contribution in [2.75, 3.05) is 26.2 Å². The third kappa shape index (κ3) is 3.49. The van der Waals surface area contributed by atoms with Crippen molar-refractivity contribution in [1.82, 2.24) is 4.90 Å². The highest BCUT2D eigenvalue weighted by Gasteiger charge is 2.38. The second-order valence-electron chi connectivity index (χ2n) is 5.65. The van der Waals surface area contributed by atoms with E-state index in [1.54, 1.807) is 0 Å². The Hall–Kier alpha value is -1.59. The van der Waals surface area contributed by atoms with Crippen LogP contribution in [0, 0.1) is 5.41 Å². The van der Waals surface area contributed by atoms with Gasteiger partial charge in [-0.05, 0) is 37.6 Å². The number of likely N-dealkylation sites (tertiary alicyclic amines) is 1. The molecule has 0 bridgehead atoms. The molecule has 0 saturated carbocycles. The number of amides is 1. The van der Waals surface area contributed by atoms with E-state index in [4.69, 9.17) is 16.2 Å². The molecule has 4 N–H and O–H groups in total. The Kier molecular flexibility index (Phi) is 4.62. The highest BCUT2D eigenvalue weighted by atomic mass is 16.5. The van der Waals surface area contributed by atoms with Crippen LogP contribution in [0.15, 0.2) is 24.3 Å². The summed E-state index contributed by atoms with van der Waals surface area (Å²) in [5, 5.41) is 0. The van der Waals surface area contributed by atoms with Crippen molar-refractivity contribution in [3.63, 3.8) is 0 Å². The van der Waals surface area contributed by atoms with Crippen molar-refractivity contribution in [1.29, 1.82) is 0 Å². The second-order valence-corrected chi connectivity index (χ2v) is 5.65. The quantitative estimate of drug-likeness (QED) is 0.803. The summed E-state index contributed by atoms with van der Waals surface area (Å²) in [6, 6.07) is 7.80. The highest BCUT2D eigenvalue weighted by Crippen LogP contribution is 2.29. The first-order valence-electron chi connectivity index (χ1n) is 6.97. The van der Waals surface area contributed by atoms with Crippen molar-refractivity contribution in [2.45, 2.75) is 19.9 Å². The maximum atomic E-state index is 11.4. The van der Waals surface area contributed by atoms with Gasteiger partial charge < -0.3 is 16.2 Å². The van der Waals surface area contributed by atoms with Crippen LogP contribution >= 0.6 is 0 Å². The Labute approximate surface area is 119 Å². The van der Waals surface area contributed by atoms with Gasteiger partial charge in [0.05, 0.1) is 5.41 Å². The molecule has 0 radical (unpaired) electrons. The zero-order valence-corrected chi connectivity index (χ0v) is 12.0. The maximum absolute atomic E-state index is 11.4. The lowest BCUT2D eigenvalue weighted by Gasteiger charge is -2.21. The van der Waals surface area contributed by atoms with Crippen LogP contribution < -0.4 is 16.2 Å². The Morgan fingerprint density at radius 1 is 1.50 bits per heavy atom. The minimum Gasteiger partial charge on any atom is -0.492 e. The number of nitrogens with zero attached hydrogens (tertiary/aromatic N) is 1. The second kappa shape index (κ2) is 6.24. The Balaban J connectivity index is 1.78. The van der Waals surface area contributed by atoms with Gasteiger partial charge >= 0.3 is 0 Å². The first-order valence-corrected chi connectivity index (χ1v) is 6.97. The summed E-state index contributed by atoms with van der Waals surface area (Å²) in [6.07, 6.45) is 0.824. The minimum atomic E-state index is -0.389. The number of hydrogen-bond acceptors (Lipinski definition) is 4. The fourth-order valence-corrected chi connectivity index (χ4v) is 2.50. The van der Waals surface area contributed by atoms with Crippen molar-refractivity contribution in [3.8, 4) is 5.75 Å². The smallest absolute Gasteiger partial charge is 0.224 e. The number of rotatable bonds is 6. The highest BCUT2D eigenvalue weighted by molar-refractivity contribution is 5.81. The molecule has 1 aliphatic rings. The Bertz CT molecular complexity index is 478. The van der Waals surface area contributed by atoms with Crippen LogP contribution in [-0.4, -0.2) is 37.0 Å². The standard InChI is InChI=1S/C15H23N3O2/c1-15(14(17)19)5-6-18(11-15)7-8-20-13-4-2-3-12(9-13)10-16/h2-4,9H,5-8,10-11,16H2,1H3,(H2,17,19). The van der Waals surface area contributed by atoms with Crippen molar-refractivity contribution >= 4 is 5.91 Å². The lowest BCUT2D eigenvalue weighted by molar-refractivity contribution is -0.126. The van der Waals surface area contributed by atoms with Gasteiger partial charge in [-0.25, -0.2) is 0 Å². The molecule has 1 fully saturated rings. The molecule has 0 aliphatic carbocycles. The van der Waals surface area contributed by atoms with Gasteiger partial charge in [-0.15, -0.1) is 0 Å². The van der Waals surface area contributed by atoms with Gasteiger partial charge in [0.1, 0.15) is 12.4 Å². The molecule has 1 aromatic rings. The molecule has 1 amide bonds.